The Labute approximate surface area is 124 Å². The highest BCUT2D eigenvalue weighted by Gasteiger charge is 2.09. The van der Waals surface area contributed by atoms with Crippen molar-refractivity contribution in [1.29, 1.82) is 0 Å². The Hall–Kier alpha value is -2.42. The van der Waals surface area contributed by atoms with E-state index < -0.39 is 0 Å². The molecule has 0 atom stereocenters. The summed E-state index contributed by atoms with van der Waals surface area (Å²) in [4.78, 5) is 0. The number of phenolic OH excluding ortho intramolecular Hbond substituents is 1. The Morgan fingerprint density at radius 3 is 2.71 bits per heavy atom. The van der Waals surface area contributed by atoms with Gasteiger partial charge in [0, 0.05) is 29.2 Å². The van der Waals surface area contributed by atoms with Gasteiger partial charge in [0.15, 0.2) is 11.5 Å². The maximum absolute atomic E-state index is 9.76. The first-order valence-corrected chi connectivity index (χ1v) is 7.18. The molecule has 0 bridgehead atoms. The smallest absolute Gasteiger partial charge is 0.161 e. The molecule has 0 radical (unpaired) electrons. The second-order valence-corrected chi connectivity index (χ2v) is 5.22. The van der Waals surface area contributed by atoms with E-state index in [2.05, 4.69) is 42.8 Å². The molecule has 1 heterocycles. The maximum Gasteiger partial charge on any atom is 0.161 e. The Bertz CT molecular complexity index is 774. The number of benzene rings is 2. The molecular weight excluding hydrogens is 262 g/mol. The molecule has 3 nitrogen and oxygen atoms in total. The van der Waals surface area contributed by atoms with Crippen molar-refractivity contribution in [2.24, 2.45) is 0 Å². The van der Waals surface area contributed by atoms with Crippen LogP contribution in [0.4, 0.5) is 0 Å². The summed E-state index contributed by atoms with van der Waals surface area (Å²) in [5.41, 5.74) is 3.62. The quantitative estimate of drug-likeness (QED) is 0.775. The van der Waals surface area contributed by atoms with Crippen LogP contribution in [-0.4, -0.2) is 9.67 Å². The van der Waals surface area contributed by atoms with Crippen LogP contribution in [0.3, 0.4) is 0 Å². The Morgan fingerprint density at radius 1 is 1.14 bits per heavy atom. The molecule has 21 heavy (non-hydrogen) atoms. The summed E-state index contributed by atoms with van der Waals surface area (Å²) in [7, 11) is 0. The third-order valence-corrected chi connectivity index (χ3v) is 3.71. The molecule has 0 aliphatic rings. The van der Waals surface area contributed by atoms with E-state index in [0.717, 1.165) is 12.1 Å². The first-order valence-electron chi connectivity index (χ1n) is 7.18. The molecule has 0 unspecified atom stereocenters. The molecule has 0 fully saturated rings. The zero-order chi connectivity index (χ0) is 14.8. The van der Waals surface area contributed by atoms with Gasteiger partial charge in [-0.05, 0) is 37.6 Å². The summed E-state index contributed by atoms with van der Waals surface area (Å²) in [5.74, 6) is 0.689. The number of fused-ring (bicyclic) bond motifs is 1. The Balaban J connectivity index is 1.92. The number of hydrogen-bond donors (Lipinski definition) is 1. The van der Waals surface area contributed by atoms with E-state index in [1.807, 2.05) is 6.07 Å². The Morgan fingerprint density at radius 2 is 1.95 bits per heavy atom. The summed E-state index contributed by atoms with van der Waals surface area (Å²) in [6.45, 7) is 5.61. The zero-order valence-electron chi connectivity index (χ0n) is 12.3. The van der Waals surface area contributed by atoms with E-state index in [9.17, 15) is 5.11 Å². The van der Waals surface area contributed by atoms with Gasteiger partial charge in [-0.3, -0.25) is 0 Å². The van der Waals surface area contributed by atoms with Crippen LogP contribution in [0.1, 0.15) is 18.1 Å². The van der Waals surface area contributed by atoms with Gasteiger partial charge >= 0.3 is 0 Å². The summed E-state index contributed by atoms with van der Waals surface area (Å²) < 4.78 is 7.98. The van der Waals surface area contributed by atoms with Crippen molar-refractivity contribution >= 4 is 10.9 Å². The number of nitrogens with zero attached hydrogens (tertiary/aromatic N) is 1. The maximum atomic E-state index is 9.76. The number of para-hydroxylation sites is 2. The van der Waals surface area contributed by atoms with Gasteiger partial charge in [0.25, 0.3) is 0 Å². The monoisotopic (exact) mass is 281 g/mol. The number of aromatic hydroxyl groups is 1. The van der Waals surface area contributed by atoms with Crippen molar-refractivity contribution in [2.45, 2.75) is 27.0 Å². The molecule has 1 aromatic heterocycles. The molecule has 0 saturated heterocycles. The fourth-order valence-corrected chi connectivity index (χ4v) is 2.59. The van der Waals surface area contributed by atoms with Gasteiger partial charge in [0.1, 0.15) is 6.61 Å². The van der Waals surface area contributed by atoms with Crippen molar-refractivity contribution in [3.63, 3.8) is 0 Å². The van der Waals surface area contributed by atoms with Gasteiger partial charge in [-0.2, -0.15) is 0 Å². The molecule has 3 aromatic rings. The predicted octanol–water partition coefficient (Wildman–Crippen LogP) is 4.25. The van der Waals surface area contributed by atoms with Gasteiger partial charge in [-0.15, -0.1) is 0 Å². The number of rotatable bonds is 4. The van der Waals surface area contributed by atoms with Gasteiger partial charge in [0.2, 0.25) is 0 Å². The van der Waals surface area contributed by atoms with E-state index >= 15 is 0 Å². The minimum atomic E-state index is 0.174. The molecule has 0 aliphatic carbocycles. The Kier molecular flexibility index (Phi) is 3.57. The van der Waals surface area contributed by atoms with E-state index in [4.69, 9.17) is 4.74 Å². The first-order chi connectivity index (χ1) is 10.2. The zero-order valence-corrected chi connectivity index (χ0v) is 12.3. The van der Waals surface area contributed by atoms with Gasteiger partial charge in [-0.1, -0.05) is 24.3 Å². The first kappa shape index (κ1) is 13.6. The predicted molar refractivity (Wildman–Crippen MR) is 84.8 cm³/mol. The summed E-state index contributed by atoms with van der Waals surface area (Å²) in [6, 6.07) is 13.5. The lowest BCUT2D eigenvalue weighted by molar-refractivity contribution is 0.290. The number of aromatic nitrogens is 1. The number of hydrogen-bond acceptors (Lipinski definition) is 2. The van der Waals surface area contributed by atoms with E-state index in [-0.39, 0.29) is 5.75 Å². The SMILES string of the molecule is CCn1cc(COc2ccccc2O)c2ccc(C)cc21. The average molecular weight is 281 g/mol. The summed E-state index contributed by atoms with van der Waals surface area (Å²) in [5, 5.41) is 11.0. The van der Waals surface area contributed by atoms with Crippen LogP contribution in [0.5, 0.6) is 11.5 Å². The number of aryl methyl sites for hydroxylation is 2. The van der Waals surface area contributed by atoms with Crippen LogP contribution in [0.2, 0.25) is 0 Å². The van der Waals surface area contributed by atoms with Gasteiger partial charge in [-0.25, -0.2) is 0 Å². The lowest BCUT2D eigenvalue weighted by atomic mass is 10.1. The largest absolute Gasteiger partial charge is 0.504 e. The van der Waals surface area contributed by atoms with E-state index in [1.54, 1.807) is 18.2 Å². The van der Waals surface area contributed by atoms with Gasteiger partial charge < -0.3 is 14.4 Å². The molecular formula is C18H19NO2. The lowest BCUT2D eigenvalue weighted by Gasteiger charge is -2.07. The number of phenols is 1. The molecule has 0 amide bonds. The van der Waals surface area contributed by atoms with E-state index in [0.29, 0.717) is 12.4 Å². The molecule has 108 valence electrons. The fourth-order valence-electron chi connectivity index (χ4n) is 2.59. The van der Waals surface area contributed by atoms with Crippen molar-refractivity contribution < 1.29 is 9.84 Å². The highest BCUT2D eigenvalue weighted by Crippen LogP contribution is 2.28. The van der Waals surface area contributed by atoms with Crippen molar-refractivity contribution in [3.05, 3.63) is 59.8 Å². The molecule has 0 saturated carbocycles. The van der Waals surface area contributed by atoms with Crippen molar-refractivity contribution in [1.82, 2.24) is 4.57 Å². The van der Waals surface area contributed by atoms with Crippen LogP contribution in [0.15, 0.2) is 48.7 Å². The molecule has 3 heteroatoms. The van der Waals surface area contributed by atoms with Crippen molar-refractivity contribution in [2.75, 3.05) is 0 Å². The van der Waals surface area contributed by atoms with Crippen LogP contribution in [0, 0.1) is 6.92 Å². The van der Waals surface area contributed by atoms with Crippen LogP contribution in [0.25, 0.3) is 10.9 Å². The fraction of sp³-hybridized carbons (Fsp3) is 0.222. The van der Waals surface area contributed by atoms with E-state index in [1.165, 1.54) is 16.5 Å². The number of ether oxygens (including phenoxy) is 1. The standard InChI is InChI=1S/C18H19NO2/c1-3-19-11-14(15-9-8-13(2)10-16(15)19)12-21-18-7-5-4-6-17(18)20/h4-11,20H,3,12H2,1-2H3. The third kappa shape index (κ3) is 2.59. The highest BCUT2D eigenvalue weighted by atomic mass is 16.5. The lowest BCUT2D eigenvalue weighted by Crippen LogP contribution is -1.95. The third-order valence-electron chi connectivity index (χ3n) is 3.71. The summed E-state index contributed by atoms with van der Waals surface area (Å²) >= 11 is 0. The second kappa shape index (κ2) is 5.52. The van der Waals surface area contributed by atoms with Crippen LogP contribution in [-0.2, 0) is 13.2 Å². The average Bonchev–Trinajstić information content (AvgIpc) is 2.83. The molecule has 3 rings (SSSR count). The van der Waals surface area contributed by atoms with Crippen molar-refractivity contribution in [3.8, 4) is 11.5 Å². The minimum absolute atomic E-state index is 0.174. The minimum Gasteiger partial charge on any atom is -0.504 e. The second-order valence-electron chi connectivity index (χ2n) is 5.22. The molecule has 1 N–H and O–H groups in total. The molecule has 2 aromatic carbocycles. The molecule has 0 spiro atoms. The van der Waals surface area contributed by atoms with Crippen LogP contribution >= 0.6 is 0 Å². The molecule has 0 aliphatic heterocycles. The normalized spacial score (nSPS) is 11.0. The van der Waals surface area contributed by atoms with Crippen LogP contribution < -0.4 is 4.74 Å². The summed E-state index contributed by atoms with van der Waals surface area (Å²) in [6.07, 6.45) is 2.13. The topological polar surface area (TPSA) is 34.4 Å². The highest BCUT2D eigenvalue weighted by molar-refractivity contribution is 5.84. The van der Waals surface area contributed by atoms with Gasteiger partial charge in [0.05, 0.1) is 0 Å².